The molecule has 18 heavy (non-hydrogen) atoms. The number of hydrogen-bond acceptors (Lipinski definition) is 3. The van der Waals surface area contributed by atoms with Crippen LogP contribution in [0.25, 0.3) is 0 Å². The minimum absolute atomic E-state index is 0.355. The van der Waals surface area contributed by atoms with Gasteiger partial charge in [0.05, 0.1) is 12.0 Å². The minimum atomic E-state index is 0.355. The van der Waals surface area contributed by atoms with E-state index < -0.39 is 0 Å². The number of aliphatic hydroxyl groups excluding tert-OH is 1. The molecule has 0 bridgehead atoms. The number of nitrogens with zero attached hydrogens (tertiary/aromatic N) is 2. The molecule has 4 heteroatoms. The largest absolute Gasteiger partial charge is 0.396 e. The van der Waals surface area contributed by atoms with Gasteiger partial charge in [0.25, 0.3) is 0 Å². The Labute approximate surface area is 108 Å². The molecule has 1 atom stereocenters. The molecule has 1 unspecified atom stereocenters. The zero-order chi connectivity index (χ0) is 12.4. The van der Waals surface area contributed by atoms with Crippen molar-refractivity contribution in [3.8, 4) is 0 Å². The first-order chi connectivity index (χ1) is 8.88. The van der Waals surface area contributed by atoms with Crippen LogP contribution < -0.4 is 5.32 Å². The first-order valence-electron chi connectivity index (χ1n) is 7.24. The molecule has 2 heterocycles. The Morgan fingerprint density at radius 2 is 2.11 bits per heavy atom. The van der Waals surface area contributed by atoms with Gasteiger partial charge in [0.1, 0.15) is 0 Å². The fourth-order valence-electron chi connectivity index (χ4n) is 3.43. The predicted octanol–water partition coefficient (Wildman–Crippen LogP) is 2.03. The molecule has 1 aliphatic carbocycles. The molecule has 4 nitrogen and oxygen atoms in total. The van der Waals surface area contributed by atoms with E-state index in [1.807, 2.05) is 12.5 Å². The van der Waals surface area contributed by atoms with Crippen LogP contribution >= 0.6 is 0 Å². The summed E-state index contributed by atoms with van der Waals surface area (Å²) in [6.45, 7) is 1.49. The summed E-state index contributed by atoms with van der Waals surface area (Å²) >= 11 is 0. The molecule has 1 saturated carbocycles. The molecule has 1 aromatic rings. The second-order valence-electron chi connectivity index (χ2n) is 5.73. The fraction of sp³-hybridized carbons (Fsp3) is 0.786. The zero-order valence-electron chi connectivity index (χ0n) is 10.9. The van der Waals surface area contributed by atoms with Gasteiger partial charge in [0, 0.05) is 24.9 Å². The first kappa shape index (κ1) is 12.2. The quantitative estimate of drug-likeness (QED) is 0.862. The second kappa shape index (κ2) is 5.41. The maximum absolute atomic E-state index is 9.21. The number of aliphatic hydroxyl groups is 1. The van der Waals surface area contributed by atoms with Gasteiger partial charge in [-0.05, 0) is 51.0 Å². The smallest absolute Gasteiger partial charge is 0.0951 e. The van der Waals surface area contributed by atoms with Crippen LogP contribution in [0.5, 0.6) is 0 Å². The van der Waals surface area contributed by atoms with Crippen molar-refractivity contribution < 1.29 is 5.11 Å². The summed E-state index contributed by atoms with van der Waals surface area (Å²) in [5.41, 5.74) is 1.36. The van der Waals surface area contributed by atoms with Gasteiger partial charge in [-0.15, -0.1) is 0 Å². The van der Waals surface area contributed by atoms with Crippen molar-refractivity contribution in [3.63, 3.8) is 0 Å². The first-order valence-corrected chi connectivity index (χ1v) is 7.24. The minimum Gasteiger partial charge on any atom is -0.396 e. The molecule has 1 aliphatic heterocycles. The van der Waals surface area contributed by atoms with Crippen LogP contribution in [-0.2, 0) is 0 Å². The van der Waals surface area contributed by atoms with Crippen molar-refractivity contribution in [3.05, 3.63) is 18.2 Å². The monoisotopic (exact) mass is 249 g/mol. The summed E-state index contributed by atoms with van der Waals surface area (Å²) < 4.78 is 2.39. The Morgan fingerprint density at radius 3 is 2.78 bits per heavy atom. The third-order valence-corrected chi connectivity index (χ3v) is 4.58. The highest BCUT2D eigenvalue weighted by Gasteiger charge is 2.26. The molecule has 3 rings (SSSR count). The summed E-state index contributed by atoms with van der Waals surface area (Å²) in [6.07, 6.45) is 11.2. The predicted molar refractivity (Wildman–Crippen MR) is 70.3 cm³/mol. The van der Waals surface area contributed by atoms with E-state index in [2.05, 4.69) is 14.9 Å². The third kappa shape index (κ3) is 2.31. The average molecular weight is 249 g/mol. The van der Waals surface area contributed by atoms with E-state index in [9.17, 15) is 5.11 Å². The molecule has 1 saturated heterocycles. The average Bonchev–Trinajstić information content (AvgIpc) is 3.09. The standard InChI is InChI=1S/C14H23N3O/c18-9-11-3-5-12(6-4-11)17-10-15-8-14(17)13-2-1-7-16-13/h8,10-13,16,18H,1-7,9H2. The number of nitrogens with one attached hydrogen (secondary N) is 1. The highest BCUT2D eigenvalue weighted by molar-refractivity contribution is 5.09. The summed E-state index contributed by atoms with van der Waals surface area (Å²) in [4.78, 5) is 4.35. The molecule has 0 radical (unpaired) electrons. The van der Waals surface area contributed by atoms with Crippen LogP contribution in [0, 0.1) is 5.92 Å². The highest BCUT2D eigenvalue weighted by atomic mass is 16.3. The fourth-order valence-corrected chi connectivity index (χ4v) is 3.43. The van der Waals surface area contributed by atoms with Gasteiger partial charge in [0.2, 0.25) is 0 Å². The second-order valence-corrected chi connectivity index (χ2v) is 5.73. The van der Waals surface area contributed by atoms with Crippen LogP contribution in [0.15, 0.2) is 12.5 Å². The van der Waals surface area contributed by atoms with E-state index in [4.69, 9.17) is 0 Å². The Bertz CT molecular complexity index is 376. The van der Waals surface area contributed by atoms with Gasteiger partial charge >= 0.3 is 0 Å². The molecule has 100 valence electrons. The van der Waals surface area contributed by atoms with Gasteiger partial charge < -0.3 is 15.0 Å². The van der Waals surface area contributed by atoms with Gasteiger partial charge in [0.15, 0.2) is 0 Å². The third-order valence-electron chi connectivity index (χ3n) is 4.58. The lowest BCUT2D eigenvalue weighted by atomic mass is 9.86. The topological polar surface area (TPSA) is 50.1 Å². The Kier molecular flexibility index (Phi) is 3.66. The summed E-state index contributed by atoms with van der Waals surface area (Å²) in [6, 6.07) is 1.09. The molecule has 2 N–H and O–H groups in total. The zero-order valence-corrected chi connectivity index (χ0v) is 10.9. The number of rotatable bonds is 3. The lowest BCUT2D eigenvalue weighted by molar-refractivity contribution is 0.167. The van der Waals surface area contributed by atoms with Crippen LogP contribution in [-0.4, -0.2) is 27.8 Å². The summed E-state index contributed by atoms with van der Waals surface area (Å²) in [7, 11) is 0. The van der Waals surface area contributed by atoms with Crippen LogP contribution in [0.1, 0.15) is 56.3 Å². The molecule has 0 spiro atoms. The van der Waals surface area contributed by atoms with E-state index >= 15 is 0 Å². The molecular formula is C14H23N3O. The number of imidazole rings is 1. The van der Waals surface area contributed by atoms with Gasteiger partial charge in [-0.25, -0.2) is 4.98 Å². The molecular weight excluding hydrogens is 226 g/mol. The van der Waals surface area contributed by atoms with Crippen LogP contribution in [0.2, 0.25) is 0 Å². The Morgan fingerprint density at radius 1 is 1.28 bits per heavy atom. The van der Waals surface area contributed by atoms with Crippen molar-refractivity contribution in [2.24, 2.45) is 5.92 Å². The van der Waals surface area contributed by atoms with Crippen LogP contribution in [0.3, 0.4) is 0 Å². The number of hydrogen-bond donors (Lipinski definition) is 2. The molecule has 0 amide bonds. The van der Waals surface area contributed by atoms with E-state index in [-0.39, 0.29) is 0 Å². The van der Waals surface area contributed by atoms with Crippen molar-refractivity contribution in [2.75, 3.05) is 13.2 Å². The summed E-state index contributed by atoms with van der Waals surface area (Å²) in [5, 5.41) is 12.8. The normalized spacial score (nSPS) is 32.8. The molecule has 2 aliphatic rings. The van der Waals surface area contributed by atoms with Crippen LogP contribution in [0.4, 0.5) is 0 Å². The molecule has 1 aromatic heterocycles. The Hall–Kier alpha value is -0.870. The van der Waals surface area contributed by atoms with Crippen molar-refractivity contribution in [1.29, 1.82) is 0 Å². The van der Waals surface area contributed by atoms with E-state index in [0.29, 0.717) is 24.6 Å². The molecule has 2 fully saturated rings. The van der Waals surface area contributed by atoms with Gasteiger partial charge in [-0.3, -0.25) is 0 Å². The lowest BCUT2D eigenvalue weighted by Crippen LogP contribution is -2.23. The number of aromatic nitrogens is 2. The van der Waals surface area contributed by atoms with Crippen molar-refractivity contribution in [2.45, 2.75) is 50.6 Å². The van der Waals surface area contributed by atoms with Crippen molar-refractivity contribution in [1.82, 2.24) is 14.9 Å². The van der Waals surface area contributed by atoms with E-state index in [1.54, 1.807) is 0 Å². The van der Waals surface area contributed by atoms with Crippen molar-refractivity contribution >= 4 is 0 Å². The SMILES string of the molecule is OCC1CCC(n2cncc2C2CCCN2)CC1. The molecule has 0 aromatic carbocycles. The summed E-state index contributed by atoms with van der Waals surface area (Å²) in [5.74, 6) is 0.526. The lowest BCUT2D eigenvalue weighted by Gasteiger charge is -2.30. The maximum atomic E-state index is 9.21. The van der Waals surface area contributed by atoms with Gasteiger partial charge in [-0.2, -0.15) is 0 Å². The maximum Gasteiger partial charge on any atom is 0.0951 e. The highest BCUT2D eigenvalue weighted by Crippen LogP contribution is 2.34. The van der Waals surface area contributed by atoms with E-state index in [1.165, 1.54) is 31.4 Å². The van der Waals surface area contributed by atoms with E-state index in [0.717, 1.165) is 19.4 Å². The van der Waals surface area contributed by atoms with Gasteiger partial charge in [-0.1, -0.05) is 0 Å². The Balaban J connectivity index is 1.71.